The van der Waals surface area contributed by atoms with Crippen molar-refractivity contribution in [2.75, 3.05) is 7.05 Å². The highest BCUT2D eigenvalue weighted by molar-refractivity contribution is 5.69. The first kappa shape index (κ1) is 14.8. The third kappa shape index (κ3) is 4.20. The molecular formula is C13H23NO4. The van der Waals surface area contributed by atoms with Crippen LogP contribution in [0.15, 0.2) is 0 Å². The third-order valence-electron chi connectivity index (χ3n) is 2.91. The molecule has 104 valence electrons. The lowest BCUT2D eigenvalue weighted by molar-refractivity contribution is -0.148. The van der Waals surface area contributed by atoms with Crippen LogP contribution in [0.4, 0.5) is 4.79 Å². The van der Waals surface area contributed by atoms with E-state index < -0.39 is 5.60 Å². The molecule has 1 fully saturated rings. The molecule has 5 heteroatoms. The van der Waals surface area contributed by atoms with Gasteiger partial charge in [-0.25, -0.2) is 4.79 Å². The number of hydrogen-bond donors (Lipinski definition) is 0. The molecule has 1 rings (SSSR count). The van der Waals surface area contributed by atoms with Gasteiger partial charge in [0.25, 0.3) is 0 Å². The van der Waals surface area contributed by atoms with Crippen molar-refractivity contribution in [2.45, 2.75) is 64.7 Å². The van der Waals surface area contributed by atoms with Gasteiger partial charge in [-0.3, -0.25) is 4.79 Å². The van der Waals surface area contributed by atoms with Gasteiger partial charge >= 0.3 is 12.1 Å². The molecule has 1 amide bonds. The molecule has 1 aliphatic carbocycles. The lowest BCUT2D eigenvalue weighted by Gasteiger charge is -2.31. The van der Waals surface area contributed by atoms with E-state index in [9.17, 15) is 9.59 Å². The Labute approximate surface area is 108 Å². The molecule has 0 N–H and O–H groups in total. The Morgan fingerprint density at radius 3 is 2.33 bits per heavy atom. The zero-order valence-electron chi connectivity index (χ0n) is 11.9. The molecular weight excluding hydrogens is 234 g/mol. The summed E-state index contributed by atoms with van der Waals surface area (Å²) in [7, 11) is 1.69. The van der Waals surface area contributed by atoms with Gasteiger partial charge in [0, 0.05) is 14.0 Å². The maximum Gasteiger partial charge on any atom is 0.410 e. The summed E-state index contributed by atoms with van der Waals surface area (Å²) in [4.78, 5) is 24.5. The minimum absolute atomic E-state index is 0.0799. The summed E-state index contributed by atoms with van der Waals surface area (Å²) in [5.74, 6) is -0.301. The van der Waals surface area contributed by atoms with Crippen LogP contribution in [-0.2, 0) is 14.3 Å². The van der Waals surface area contributed by atoms with Crippen LogP contribution in [0.3, 0.4) is 0 Å². The Kier molecular flexibility index (Phi) is 4.59. The molecule has 0 aliphatic heterocycles. The van der Waals surface area contributed by atoms with Crippen molar-refractivity contribution >= 4 is 12.1 Å². The molecule has 0 heterocycles. The second-order valence-corrected chi connectivity index (χ2v) is 5.74. The van der Waals surface area contributed by atoms with Crippen LogP contribution >= 0.6 is 0 Å². The van der Waals surface area contributed by atoms with E-state index in [2.05, 4.69) is 0 Å². The predicted octanol–water partition coefficient (Wildman–Crippen LogP) is 2.34. The zero-order chi connectivity index (χ0) is 13.9. The maximum atomic E-state index is 11.9. The normalized spacial score (nSPS) is 23.6. The van der Waals surface area contributed by atoms with Gasteiger partial charge in [-0.1, -0.05) is 0 Å². The van der Waals surface area contributed by atoms with Crippen molar-refractivity contribution < 1.29 is 19.1 Å². The fourth-order valence-electron chi connectivity index (χ4n) is 2.17. The first-order valence-corrected chi connectivity index (χ1v) is 6.34. The van der Waals surface area contributed by atoms with Gasteiger partial charge < -0.3 is 14.4 Å². The van der Waals surface area contributed by atoms with Gasteiger partial charge in [0.2, 0.25) is 0 Å². The summed E-state index contributed by atoms with van der Waals surface area (Å²) in [5, 5.41) is 0. The number of amides is 1. The van der Waals surface area contributed by atoms with Gasteiger partial charge in [0.05, 0.1) is 6.04 Å². The van der Waals surface area contributed by atoms with E-state index in [0.717, 1.165) is 19.3 Å². The van der Waals surface area contributed by atoms with E-state index in [1.165, 1.54) is 6.92 Å². The van der Waals surface area contributed by atoms with E-state index in [1.54, 1.807) is 11.9 Å². The topological polar surface area (TPSA) is 55.8 Å². The molecule has 0 saturated heterocycles. The summed E-state index contributed by atoms with van der Waals surface area (Å²) < 4.78 is 10.5. The average molecular weight is 257 g/mol. The molecule has 0 aromatic rings. The van der Waals surface area contributed by atoms with Crippen LogP contribution in [0.25, 0.3) is 0 Å². The molecule has 0 aromatic heterocycles. The van der Waals surface area contributed by atoms with Gasteiger partial charge in [-0.2, -0.15) is 0 Å². The van der Waals surface area contributed by atoms with Crippen LogP contribution in [0, 0.1) is 0 Å². The highest BCUT2D eigenvalue weighted by atomic mass is 16.6. The van der Waals surface area contributed by atoms with Gasteiger partial charge in [-0.15, -0.1) is 0 Å². The van der Waals surface area contributed by atoms with Gasteiger partial charge in [0.1, 0.15) is 11.7 Å². The number of likely N-dealkylation sites (N-methyl/N-ethyl adjacent to an activating group) is 1. The monoisotopic (exact) mass is 257 g/mol. The first-order chi connectivity index (χ1) is 8.20. The molecule has 0 bridgehead atoms. The minimum Gasteiger partial charge on any atom is -0.460 e. The average Bonchev–Trinajstić information content (AvgIpc) is 2.60. The van der Waals surface area contributed by atoms with Crippen LogP contribution in [0.2, 0.25) is 0 Å². The van der Waals surface area contributed by atoms with Crippen molar-refractivity contribution in [2.24, 2.45) is 0 Å². The number of ether oxygens (including phenoxy) is 2. The van der Waals surface area contributed by atoms with Crippen molar-refractivity contribution in [3.63, 3.8) is 0 Å². The van der Waals surface area contributed by atoms with Crippen molar-refractivity contribution in [3.8, 4) is 0 Å². The molecule has 5 nitrogen and oxygen atoms in total. The first-order valence-electron chi connectivity index (χ1n) is 6.34. The molecule has 2 unspecified atom stereocenters. The Morgan fingerprint density at radius 1 is 1.22 bits per heavy atom. The number of hydrogen-bond acceptors (Lipinski definition) is 4. The van der Waals surface area contributed by atoms with E-state index in [1.807, 2.05) is 20.8 Å². The molecule has 0 spiro atoms. The van der Waals surface area contributed by atoms with Gasteiger partial charge in [0.15, 0.2) is 0 Å². The third-order valence-corrected chi connectivity index (χ3v) is 2.91. The Bertz CT molecular complexity index is 321. The van der Waals surface area contributed by atoms with Crippen LogP contribution in [0.5, 0.6) is 0 Å². The van der Waals surface area contributed by atoms with Crippen molar-refractivity contribution in [1.82, 2.24) is 4.90 Å². The Hall–Kier alpha value is -1.26. The summed E-state index contributed by atoms with van der Waals surface area (Å²) in [6, 6.07) is -0.0799. The molecule has 0 radical (unpaired) electrons. The molecule has 1 saturated carbocycles. The number of esters is 1. The zero-order valence-corrected chi connectivity index (χ0v) is 11.9. The lowest BCUT2D eigenvalue weighted by atomic mass is 10.2. The fourth-order valence-corrected chi connectivity index (χ4v) is 2.17. The summed E-state index contributed by atoms with van der Waals surface area (Å²) in [5.41, 5.74) is -0.513. The van der Waals surface area contributed by atoms with Gasteiger partial charge in [-0.05, 0) is 40.0 Å². The van der Waals surface area contributed by atoms with E-state index in [0.29, 0.717) is 0 Å². The number of rotatable bonds is 2. The minimum atomic E-state index is -0.513. The SMILES string of the molecule is CC(=O)OC1CCCC1N(C)C(=O)OC(C)(C)C. The quantitative estimate of drug-likeness (QED) is 0.712. The summed E-state index contributed by atoms with van der Waals surface area (Å²) in [6.07, 6.45) is 2.02. The van der Waals surface area contributed by atoms with Crippen molar-refractivity contribution in [3.05, 3.63) is 0 Å². The van der Waals surface area contributed by atoms with Crippen molar-refractivity contribution in [1.29, 1.82) is 0 Å². The highest BCUT2D eigenvalue weighted by Crippen LogP contribution is 2.27. The van der Waals surface area contributed by atoms with Crippen LogP contribution in [0.1, 0.15) is 47.0 Å². The fraction of sp³-hybridized carbons (Fsp3) is 0.846. The van der Waals surface area contributed by atoms with Crippen LogP contribution in [-0.4, -0.2) is 41.8 Å². The molecule has 2 atom stereocenters. The largest absolute Gasteiger partial charge is 0.460 e. The standard InChI is InChI=1S/C13H23NO4/c1-9(15)17-11-8-6-7-10(11)14(5)12(16)18-13(2,3)4/h10-11H,6-8H2,1-5H3. The van der Waals surface area contributed by atoms with E-state index in [-0.39, 0.29) is 24.2 Å². The lowest BCUT2D eigenvalue weighted by Crippen LogP contribution is -2.45. The van der Waals surface area contributed by atoms with E-state index in [4.69, 9.17) is 9.47 Å². The number of carbonyl (C=O) groups excluding carboxylic acids is 2. The van der Waals surface area contributed by atoms with Crippen LogP contribution < -0.4 is 0 Å². The van der Waals surface area contributed by atoms with E-state index >= 15 is 0 Å². The number of nitrogens with zero attached hydrogens (tertiary/aromatic N) is 1. The number of carbonyl (C=O) groups is 2. The Balaban J connectivity index is 2.62. The summed E-state index contributed by atoms with van der Waals surface area (Å²) in [6.45, 7) is 6.88. The molecule has 18 heavy (non-hydrogen) atoms. The summed E-state index contributed by atoms with van der Waals surface area (Å²) >= 11 is 0. The predicted molar refractivity (Wildman–Crippen MR) is 67.2 cm³/mol. The second-order valence-electron chi connectivity index (χ2n) is 5.74. The second kappa shape index (κ2) is 5.59. The molecule has 0 aromatic carbocycles. The maximum absolute atomic E-state index is 11.9. The highest BCUT2D eigenvalue weighted by Gasteiger charge is 2.36. The smallest absolute Gasteiger partial charge is 0.410 e. The Morgan fingerprint density at radius 2 is 1.83 bits per heavy atom. The molecule has 1 aliphatic rings.